The van der Waals surface area contributed by atoms with Crippen LogP contribution in [0.3, 0.4) is 0 Å². The van der Waals surface area contributed by atoms with E-state index in [1.165, 1.54) is 0 Å². The summed E-state index contributed by atoms with van der Waals surface area (Å²) in [6, 6.07) is 0. The number of hydrogen-bond donors (Lipinski definition) is 1. The van der Waals surface area contributed by atoms with E-state index in [1.807, 2.05) is 0 Å². The van der Waals surface area contributed by atoms with Gasteiger partial charge in [-0.2, -0.15) is 0 Å². The van der Waals surface area contributed by atoms with Gasteiger partial charge < -0.3 is 35.9 Å². The van der Waals surface area contributed by atoms with Crippen molar-refractivity contribution in [1.29, 1.82) is 0 Å². The van der Waals surface area contributed by atoms with E-state index < -0.39 is 0 Å². The minimum Gasteiger partial charge on any atom is -0.358 e. The molecule has 2 radical (unpaired) electrons. The van der Waals surface area contributed by atoms with Gasteiger partial charge in [0.2, 0.25) is 0 Å². The Balaban J connectivity index is -0.00000000125. The van der Waals surface area contributed by atoms with E-state index in [2.05, 4.69) is 20.8 Å². The average molecular weight is 449 g/mol. The molecule has 13 heavy (non-hydrogen) atoms. The van der Waals surface area contributed by atoms with Crippen molar-refractivity contribution in [2.24, 2.45) is 5.92 Å². The number of rotatable bonds is 0. The molecule has 0 fully saturated rings. The Labute approximate surface area is 129 Å². The van der Waals surface area contributed by atoms with E-state index in [9.17, 15) is 0 Å². The maximum atomic E-state index is 2.17. The Bertz CT molecular complexity index is 19.6. The van der Waals surface area contributed by atoms with Crippen molar-refractivity contribution in [3.8, 4) is 0 Å². The zero-order valence-electron chi connectivity index (χ0n) is 9.20. The summed E-state index contributed by atoms with van der Waals surface area (Å²) in [5, 5.41) is 0. The van der Waals surface area contributed by atoms with Crippen LogP contribution in [0.2, 0.25) is 0 Å². The molecule has 0 saturated heterocycles. The van der Waals surface area contributed by atoms with Crippen LogP contribution in [-0.2, 0) is 52.8 Å². The molecule has 3 N–H and O–H groups in total. The van der Waals surface area contributed by atoms with Crippen molar-refractivity contribution >= 4 is 0 Å². The van der Waals surface area contributed by atoms with Crippen molar-refractivity contribution in [2.45, 2.75) is 35.6 Å². The van der Waals surface area contributed by atoms with Crippen LogP contribution in [0.15, 0.2) is 0 Å². The molecule has 0 heterocycles. The van der Waals surface area contributed by atoms with Crippen molar-refractivity contribution in [3.05, 3.63) is 29.7 Å². The first kappa shape index (κ1) is 125. The minimum absolute atomic E-state index is 0. The Kier molecular flexibility index (Phi) is 956. The molecule has 0 amide bonds. The summed E-state index contributed by atoms with van der Waals surface area (Å²) in [5.74, 6) is 0.833. The van der Waals surface area contributed by atoms with Crippen LogP contribution in [0.4, 0.5) is 0 Å². The zero-order valence-corrected chi connectivity index (χ0v) is 14.4. The Morgan fingerprint density at radius 2 is 0.692 bits per heavy atom. The van der Waals surface area contributed by atoms with E-state index in [4.69, 9.17) is 0 Å². The van der Waals surface area contributed by atoms with Crippen molar-refractivity contribution < 1.29 is 52.8 Å². The van der Waals surface area contributed by atoms with Gasteiger partial charge in [-0.05, 0) is 5.92 Å². The normalized spacial score (nSPS) is 2.77. The summed E-state index contributed by atoms with van der Waals surface area (Å²) in [6.45, 7) is 6.50. The van der Waals surface area contributed by atoms with Gasteiger partial charge in [-0.25, -0.2) is 0 Å². The summed E-state index contributed by atoms with van der Waals surface area (Å²) in [7, 11) is 0. The summed E-state index contributed by atoms with van der Waals surface area (Å²) >= 11 is 0. The van der Waals surface area contributed by atoms with Crippen LogP contribution in [0.5, 0.6) is 0 Å². The van der Waals surface area contributed by atoms with Gasteiger partial charge in [0.25, 0.3) is 0 Å². The molecule has 0 aromatic heterocycles. The maximum absolute atomic E-state index is 2.17. The molecule has 3 heteroatoms. The second-order valence-corrected chi connectivity index (χ2v) is 1.73. The van der Waals surface area contributed by atoms with Gasteiger partial charge >= 0.3 is 0 Å². The monoisotopic (exact) mass is 449 g/mol. The second kappa shape index (κ2) is 99.8. The van der Waals surface area contributed by atoms with Gasteiger partial charge in [-0.3, -0.25) is 0 Å². The molecule has 0 spiro atoms. The van der Waals surface area contributed by atoms with Crippen LogP contribution in [0, 0.1) is 35.6 Å². The van der Waals surface area contributed by atoms with Crippen LogP contribution < -0.4 is 6.15 Å². The van der Waals surface area contributed by atoms with E-state index in [0.29, 0.717) is 0 Å². The second-order valence-electron chi connectivity index (χ2n) is 1.73. The third kappa shape index (κ3) is 641. The maximum Gasteiger partial charge on any atom is 0 e. The molecule has 0 bridgehead atoms. The summed E-state index contributed by atoms with van der Waals surface area (Å²) < 4.78 is 0. The van der Waals surface area contributed by atoms with Gasteiger partial charge in [0.05, 0.1) is 0 Å². The molecule has 0 unspecified atom stereocenters. The summed E-state index contributed by atoms with van der Waals surface area (Å²) in [4.78, 5) is 0. The minimum atomic E-state index is 0. The van der Waals surface area contributed by atoms with Gasteiger partial charge in [0, 0.05) is 52.8 Å². The van der Waals surface area contributed by atoms with Crippen LogP contribution in [0.25, 0.3) is 0 Å². The first-order chi connectivity index (χ1) is 1.73. The largest absolute Gasteiger partial charge is 0.358 e. The van der Waals surface area contributed by atoms with E-state index in [-0.39, 0.29) is 104 Å². The smallest absolute Gasteiger partial charge is 0 e. The SMILES string of the molecule is C.C.CC(C)C.N.[CH3-].[CH3-].[CH3-].[CH3-].[Ir].[Y]. The third-order valence-corrected chi connectivity index (χ3v) is 0. The Hall–Kier alpha value is 1.71. The molecule has 0 aliphatic rings. The Morgan fingerprint density at radius 3 is 0.692 bits per heavy atom. The fourth-order valence-electron chi connectivity index (χ4n) is 0. The summed E-state index contributed by atoms with van der Waals surface area (Å²) in [6.07, 6.45) is 0. The Morgan fingerprint density at radius 1 is 0.692 bits per heavy atom. The molecule has 0 aliphatic heterocycles. The topological polar surface area (TPSA) is 35.0 Å². The fraction of sp³-hybridized carbons (Fsp3) is 0.600. The van der Waals surface area contributed by atoms with E-state index in [1.54, 1.807) is 0 Å². The molecule has 0 aromatic rings. The average Bonchev–Trinajstić information content (AvgIpc) is 0.811. The van der Waals surface area contributed by atoms with Crippen LogP contribution >= 0.6 is 0 Å². The van der Waals surface area contributed by atoms with E-state index in [0.717, 1.165) is 5.92 Å². The molecule has 1 nitrogen and oxygen atoms in total. The molecule has 0 saturated carbocycles. The predicted octanol–water partition coefficient (Wildman–Crippen LogP) is 4.89. The third-order valence-electron chi connectivity index (χ3n) is 0. The molecule has 0 aromatic carbocycles. The molecule has 0 aliphatic carbocycles. The van der Waals surface area contributed by atoms with Crippen molar-refractivity contribution in [2.75, 3.05) is 0 Å². The van der Waals surface area contributed by atoms with Gasteiger partial charge in [0.1, 0.15) is 0 Å². The standard InChI is InChI=1S/C4H10.2CH4.4CH3.Ir.H3N.Y/c1-4(2)3;;;;;;;;;/h4H,1-3H3;2*1H4;4*1H3;;1H3;/q;;;4*-1;;;. The molecule has 0 atom stereocenters. The van der Waals surface area contributed by atoms with Crippen LogP contribution in [0.1, 0.15) is 35.6 Å². The molecular formula is C10H33IrNY-4. The molecule has 94 valence electrons. The number of hydrogen-bond acceptors (Lipinski definition) is 1. The van der Waals surface area contributed by atoms with E-state index >= 15 is 0 Å². The van der Waals surface area contributed by atoms with Gasteiger partial charge in [0.15, 0.2) is 0 Å². The van der Waals surface area contributed by atoms with Gasteiger partial charge in [-0.15, -0.1) is 0 Å². The first-order valence-electron chi connectivity index (χ1n) is 1.73. The zero-order chi connectivity index (χ0) is 3.58. The molecular weight excluding hydrogens is 415 g/mol. The quantitative estimate of drug-likeness (QED) is 0.526. The predicted molar refractivity (Wildman–Crippen MR) is 64.7 cm³/mol. The first-order valence-corrected chi connectivity index (χ1v) is 1.73. The van der Waals surface area contributed by atoms with Gasteiger partial charge in [-0.1, -0.05) is 35.6 Å². The summed E-state index contributed by atoms with van der Waals surface area (Å²) in [5.41, 5.74) is 0. The fourth-order valence-corrected chi connectivity index (χ4v) is 0. The molecule has 0 rings (SSSR count). The van der Waals surface area contributed by atoms with Crippen molar-refractivity contribution in [3.63, 3.8) is 0 Å². The van der Waals surface area contributed by atoms with Crippen LogP contribution in [-0.4, -0.2) is 0 Å². The van der Waals surface area contributed by atoms with Crippen molar-refractivity contribution in [1.82, 2.24) is 6.15 Å².